The Kier molecular flexibility index (Phi) is 11.5. The van der Waals surface area contributed by atoms with Crippen molar-refractivity contribution >= 4 is 26.2 Å². The summed E-state index contributed by atoms with van der Waals surface area (Å²) >= 11 is 0. The molecule has 0 aliphatic rings. The van der Waals surface area contributed by atoms with Crippen molar-refractivity contribution in [2.24, 2.45) is 0 Å². The molecule has 0 aliphatic heterocycles. The highest BCUT2D eigenvalue weighted by molar-refractivity contribution is 6.61. The third kappa shape index (κ3) is 105. The van der Waals surface area contributed by atoms with Gasteiger partial charge in [0.25, 0.3) is 0 Å². The van der Waals surface area contributed by atoms with Crippen molar-refractivity contribution in [1.29, 1.82) is 0 Å². The van der Waals surface area contributed by atoms with Gasteiger partial charge in [0.15, 0.2) is 0 Å². The van der Waals surface area contributed by atoms with Gasteiger partial charge >= 0.3 is 32.3 Å². The molecule has 0 aromatic carbocycles. The highest BCUT2D eigenvalue weighted by Gasteiger charge is 2.35. The fourth-order valence-electron chi connectivity index (χ4n) is 0.309. The minimum Gasteiger partial charge on any atom is -0.411 e. The smallest absolute Gasteiger partial charge is 0.411 e. The molecule has 8 N–H and O–H groups in total. The molecule has 0 aromatic heterocycles. The maximum atomic E-state index is 11.3. The Hall–Kier alpha value is 0.121. The molecule has 0 fully saturated rings. The highest BCUT2D eigenvalue weighted by Crippen LogP contribution is 2.23. The van der Waals surface area contributed by atoms with Crippen LogP contribution in [0.15, 0.2) is 0 Å². The summed E-state index contributed by atoms with van der Waals surface area (Å²) in [5.74, 6) is 0. The van der Waals surface area contributed by atoms with Gasteiger partial charge in [0.1, 0.15) is 0 Å². The molecule has 0 atom stereocenters. The molecule has 0 unspecified atom stereocenters. The van der Waals surface area contributed by atoms with Gasteiger partial charge in [-0.25, -0.2) is 0 Å². The van der Waals surface area contributed by atoms with E-state index in [2.05, 4.69) is 0 Å². The first-order valence-electron chi connectivity index (χ1n) is 5.06. The molecular weight excluding hydrogens is 341 g/mol. The molecule has 126 valence electrons. The second-order valence-corrected chi connectivity index (χ2v) is 11.3. The molecule has 0 saturated carbocycles. The molecule has 14 heteroatoms. The Morgan fingerprint density at radius 3 is 1.00 bits per heavy atom. The van der Waals surface area contributed by atoms with Crippen LogP contribution in [-0.2, 0) is 0 Å². The Morgan fingerprint density at radius 2 is 0.950 bits per heavy atom. The zero-order valence-corrected chi connectivity index (χ0v) is 14.1. The monoisotopic (exact) mass is 362 g/mol. The van der Waals surface area contributed by atoms with Crippen LogP contribution in [0.3, 0.4) is 0 Å². The van der Waals surface area contributed by atoms with E-state index in [4.69, 9.17) is 38.4 Å². The zero-order valence-electron chi connectivity index (χ0n) is 11.1. The maximum absolute atomic E-state index is 11.3. The van der Waals surface area contributed by atoms with E-state index in [-0.39, 0.29) is 0 Å². The van der Waals surface area contributed by atoms with E-state index in [9.17, 15) is 13.2 Å². The van der Waals surface area contributed by atoms with Crippen molar-refractivity contribution in [3.8, 4) is 0 Å². The summed E-state index contributed by atoms with van der Waals surface area (Å²) in [6.45, 7) is 3.87. The minimum absolute atomic E-state index is 0.990. The lowest BCUT2D eigenvalue weighted by Gasteiger charge is -2.10. The van der Waals surface area contributed by atoms with Crippen LogP contribution in [0.1, 0.15) is 6.42 Å². The Labute approximate surface area is 117 Å². The predicted molar refractivity (Wildman–Crippen MR) is 68.1 cm³/mol. The highest BCUT2D eigenvalue weighted by atomic mass is 28.4. The number of alkyl halides is 3. The van der Waals surface area contributed by atoms with Gasteiger partial charge < -0.3 is 38.4 Å². The molecule has 0 radical (unpaired) electrons. The van der Waals surface area contributed by atoms with Crippen LogP contribution < -0.4 is 0 Å². The van der Waals surface area contributed by atoms with Crippen molar-refractivity contribution in [1.82, 2.24) is 0 Å². The first-order chi connectivity index (χ1) is 8.21. The lowest BCUT2D eigenvalue weighted by Crippen LogP contribution is -2.35. The van der Waals surface area contributed by atoms with Gasteiger partial charge in [-0.15, -0.1) is 0 Å². The summed E-state index contributed by atoms with van der Waals surface area (Å²) in [6.07, 6.45) is -5.80. The summed E-state index contributed by atoms with van der Waals surface area (Å²) in [7, 11) is -10.7. The second-order valence-electron chi connectivity index (χ2n) is 4.35. The SMILES string of the molecule is C[Si](C)(O)O.C[Si](O)(O)O.O[Si](O)(O)CCC(F)(F)F. The van der Waals surface area contributed by atoms with Crippen molar-refractivity contribution in [2.45, 2.75) is 38.3 Å². The topological polar surface area (TPSA) is 162 Å². The fraction of sp³-hybridized carbons (Fsp3) is 1.00. The molecule has 8 nitrogen and oxygen atoms in total. The number of hydrogen-bond donors (Lipinski definition) is 8. The quantitative estimate of drug-likeness (QED) is 0.263. The van der Waals surface area contributed by atoms with Gasteiger partial charge in [0.05, 0.1) is 0 Å². The van der Waals surface area contributed by atoms with Crippen molar-refractivity contribution in [3.63, 3.8) is 0 Å². The van der Waals surface area contributed by atoms with Crippen LogP contribution >= 0.6 is 0 Å². The van der Waals surface area contributed by atoms with E-state index >= 15 is 0 Å². The maximum Gasteiger partial charge on any atom is 0.493 e. The molecule has 20 heavy (non-hydrogen) atoms. The summed E-state index contributed by atoms with van der Waals surface area (Å²) in [4.78, 5) is 64.1. The fourth-order valence-corrected chi connectivity index (χ4v) is 0.928. The standard InChI is InChI=1S/C3H7F3O3Si.C2H8O2Si.CH6O3Si/c4-3(5,6)1-2-10(7,8)9;2*1-5(2,3)4/h7-9H,1-2H2;3-4H,1-2H3;2-4H,1H3. The molecule has 0 saturated heterocycles. The lowest BCUT2D eigenvalue weighted by molar-refractivity contribution is -0.132. The van der Waals surface area contributed by atoms with Gasteiger partial charge in [-0.05, 0) is 13.1 Å². The molecule has 0 bridgehead atoms. The molecule has 0 spiro atoms. The van der Waals surface area contributed by atoms with Crippen LogP contribution in [0, 0.1) is 0 Å². The van der Waals surface area contributed by atoms with E-state index in [0.29, 0.717) is 0 Å². The van der Waals surface area contributed by atoms with Gasteiger partial charge in [0.2, 0.25) is 0 Å². The molecule has 0 rings (SSSR count). The van der Waals surface area contributed by atoms with Gasteiger partial charge in [-0.1, -0.05) is 0 Å². The average Bonchev–Trinajstić information content (AvgIpc) is 1.90. The summed E-state index contributed by atoms with van der Waals surface area (Å²) < 4.78 is 33.8. The van der Waals surface area contributed by atoms with Crippen molar-refractivity contribution in [3.05, 3.63) is 0 Å². The third-order valence-electron chi connectivity index (χ3n) is 0.744. The number of rotatable bonds is 2. The van der Waals surface area contributed by atoms with Gasteiger partial charge in [0, 0.05) is 19.0 Å². The van der Waals surface area contributed by atoms with Crippen LogP contribution in [0.25, 0.3) is 0 Å². The van der Waals surface area contributed by atoms with Crippen molar-refractivity contribution < 1.29 is 51.5 Å². The summed E-state index contributed by atoms with van der Waals surface area (Å²) in [5.41, 5.74) is 0. The Bertz CT molecular complexity index is 206. The molecule has 0 heterocycles. The number of hydrogen-bond acceptors (Lipinski definition) is 8. The van der Waals surface area contributed by atoms with Crippen LogP contribution in [0.4, 0.5) is 13.2 Å². The van der Waals surface area contributed by atoms with Gasteiger partial charge in [-0.3, -0.25) is 0 Å². The van der Waals surface area contributed by atoms with E-state index in [0.717, 1.165) is 6.55 Å². The average molecular weight is 362 g/mol. The predicted octanol–water partition coefficient (Wildman–Crippen LogP) is -1.94. The first-order valence-corrected chi connectivity index (χ1v) is 12.3. The van der Waals surface area contributed by atoms with Gasteiger partial charge in [-0.2, -0.15) is 13.2 Å². The minimum atomic E-state index is -4.49. The zero-order chi connectivity index (χ0) is 17.4. The largest absolute Gasteiger partial charge is 0.493 e. The van der Waals surface area contributed by atoms with Crippen molar-refractivity contribution in [2.75, 3.05) is 0 Å². The van der Waals surface area contributed by atoms with E-state index in [1.54, 1.807) is 0 Å². The molecule has 0 amide bonds. The number of halogens is 3. The van der Waals surface area contributed by atoms with Crippen LogP contribution in [0.2, 0.25) is 25.7 Å². The first kappa shape index (κ1) is 25.1. The van der Waals surface area contributed by atoms with E-state index in [1.807, 2.05) is 0 Å². The van der Waals surface area contributed by atoms with E-state index in [1.165, 1.54) is 13.1 Å². The Morgan fingerprint density at radius 1 is 0.750 bits per heavy atom. The summed E-state index contributed by atoms with van der Waals surface area (Å²) in [6, 6.07) is -0.990. The normalized spacial score (nSPS) is 12.9. The summed E-state index contributed by atoms with van der Waals surface area (Å²) in [5, 5.41) is 0. The molecule has 0 aliphatic carbocycles. The Balaban J connectivity index is -0.000000244. The lowest BCUT2D eigenvalue weighted by atomic mass is 10.5. The molecular formula is C6H21F3O8Si3. The third-order valence-corrected chi connectivity index (χ3v) is 1.66. The molecule has 0 aromatic rings. The van der Waals surface area contributed by atoms with Crippen LogP contribution in [0.5, 0.6) is 0 Å². The van der Waals surface area contributed by atoms with E-state index < -0.39 is 44.8 Å². The van der Waals surface area contributed by atoms with Crippen LogP contribution in [-0.4, -0.2) is 70.7 Å². The second kappa shape index (κ2) is 9.20.